The summed E-state index contributed by atoms with van der Waals surface area (Å²) in [5, 5.41) is 10.1. The van der Waals surface area contributed by atoms with Crippen LogP contribution in [0.5, 0.6) is 0 Å². The molecule has 1 amide bonds. The Bertz CT molecular complexity index is 691. The number of hydrogen-bond acceptors (Lipinski definition) is 3. The van der Waals surface area contributed by atoms with Crippen molar-refractivity contribution in [3.05, 3.63) is 54.5 Å². The van der Waals surface area contributed by atoms with Gasteiger partial charge in [-0.3, -0.25) is 14.9 Å². The lowest BCUT2D eigenvalue weighted by molar-refractivity contribution is 0.102. The maximum absolute atomic E-state index is 11.8. The Balaban J connectivity index is 1.89. The molecule has 0 aliphatic rings. The van der Waals surface area contributed by atoms with Crippen LogP contribution >= 0.6 is 0 Å². The second-order valence-corrected chi connectivity index (χ2v) is 3.85. The van der Waals surface area contributed by atoms with Crippen LogP contribution in [0.4, 0.5) is 5.69 Å². The highest BCUT2D eigenvalue weighted by Crippen LogP contribution is 2.17. The Kier molecular flexibility index (Phi) is 2.49. The molecule has 2 N–H and O–H groups in total. The molecule has 0 aliphatic heterocycles. The average molecular weight is 238 g/mol. The maximum atomic E-state index is 11.8. The van der Waals surface area contributed by atoms with E-state index in [1.807, 2.05) is 30.3 Å². The second-order valence-electron chi connectivity index (χ2n) is 3.85. The average Bonchev–Trinajstić information content (AvgIpc) is 2.92. The van der Waals surface area contributed by atoms with Crippen LogP contribution in [-0.4, -0.2) is 21.1 Å². The van der Waals surface area contributed by atoms with E-state index in [9.17, 15) is 4.79 Å². The molecular weight excluding hydrogens is 228 g/mol. The minimum Gasteiger partial charge on any atom is -0.322 e. The quantitative estimate of drug-likeness (QED) is 0.719. The van der Waals surface area contributed by atoms with Crippen molar-refractivity contribution < 1.29 is 4.79 Å². The molecule has 0 fully saturated rings. The molecule has 0 saturated heterocycles. The predicted octanol–water partition coefficient (Wildman–Crippen LogP) is 2.21. The van der Waals surface area contributed by atoms with Gasteiger partial charge in [-0.05, 0) is 24.3 Å². The molecule has 2 heterocycles. The van der Waals surface area contributed by atoms with E-state index >= 15 is 0 Å². The third kappa shape index (κ3) is 1.93. The highest BCUT2D eigenvalue weighted by molar-refractivity contribution is 6.04. The van der Waals surface area contributed by atoms with E-state index in [0.717, 1.165) is 16.6 Å². The van der Waals surface area contributed by atoms with Crippen molar-refractivity contribution in [1.82, 2.24) is 15.2 Å². The molecule has 3 aromatic rings. The fraction of sp³-hybridized carbons (Fsp3) is 0. The van der Waals surface area contributed by atoms with E-state index in [1.165, 1.54) is 6.20 Å². The van der Waals surface area contributed by atoms with Crippen LogP contribution in [0.25, 0.3) is 10.9 Å². The fourth-order valence-electron chi connectivity index (χ4n) is 1.73. The first-order valence-corrected chi connectivity index (χ1v) is 5.48. The van der Waals surface area contributed by atoms with Gasteiger partial charge in [-0.25, -0.2) is 0 Å². The maximum Gasteiger partial charge on any atom is 0.258 e. The first kappa shape index (κ1) is 10.5. The van der Waals surface area contributed by atoms with Gasteiger partial charge in [0, 0.05) is 23.5 Å². The van der Waals surface area contributed by atoms with Gasteiger partial charge in [-0.1, -0.05) is 6.07 Å². The molecule has 0 spiro atoms. The first-order valence-electron chi connectivity index (χ1n) is 5.48. The lowest BCUT2D eigenvalue weighted by Gasteiger charge is -2.04. The van der Waals surface area contributed by atoms with E-state index < -0.39 is 0 Å². The number of anilines is 1. The first-order chi connectivity index (χ1) is 8.83. The number of amides is 1. The van der Waals surface area contributed by atoms with E-state index in [0.29, 0.717) is 5.56 Å². The summed E-state index contributed by atoms with van der Waals surface area (Å²) in [6.45, 7) is 0. The van der Waals surface area contributed by atoms with Gasteiger partial charge in [-0.2, -0.15) is 5.10 Å². The van der Waals surface area contributed by atoms with Crippen molar-refractivity contribution in [3.63, 3.8) is 0 Å². The van der Waals surface area contributed by atoms with E-state index in [4.69, 9.17) is 0 Å². The highest BCUT2D eigenvalue weighted by atomic mass is 16.1. The summed E-state index contributed by atoms with van der Waals surface area (Å²) in [4.78, 5) is 16.0. The third-order valence-corrected chi connectivity index (χ3v) is 2.62. The molecule has 88 valence electrons. The lowest BCUT2D eigenvalue weighted by Crippen LogP contribution is -2.10. The SMILES string of the molecule is O=C(Nc1ccc2ncccc2c1)c1cn[nH]c1. The molecule has 0 bridgehead atoms. The van der Waals surface area contributed by atoms with Crippen molar-refractivity contribution >= 4 is 22.5 Å². The second kappa shape index (κ2) is 4.29. The van der Waals surface area contributed by atoms with Gasteiger partial charge in [-0.15, -0.1) is 0 Å². The van der Waals surface area contributed by atoms with E-state index in [-0.39, 0.29) is 5.91 Å². The van der Waals surface area contributed by atoms with Crippen molar-refractivity contribution in [2.75, 3.05) is 5.32 Å². The minimum atomic E-state index is -0.188. The Hall–Kier alpha value is -2.69. The molecule has 0 atom stereocenters. The Morgan fingerprint density at radius 1 is 1.28 bits per heavy atom. The monoisotopic (exact) mass is 238 g/mol. The van der Waals surface area contributed by atoms with Gasteiger partial charge in [0.25, 0.3) is 5.91 Å². The molecule has 5 heteroatoms. The number of H-pyrrole nitrogens is 1. The van der Waals surface area contributed by atoms with Crippen LogP contribution in [0.3, 0.4) is 0 Å². The predicted molar refractivity (Wildman–Crippen MR) is 68.3 cm³/mol. The number of pyridine rings is 1. The summed E-state index contributed by atoms with van der Waals surface area (Å²) >= 11 is 0. The number of nitrogens with zero attached hydrogens (tertiary/aromatic N) is 2. The van der Waals surface area contributed by atoms with Crippen LogP contribution in [0, 0.1) is 0 Å². The largest absolute Gasteiger partial charge is 0.322 e. The van der Waals surface area contributed by atoms with Crippen LogP contribution in [0.1, 0.15) is 10.4 Å². The number of aromatic amines is 1. The van der Waals surface area contributed by atoms with Crippen molar-refractivity contribution in [1.29, 1.82) is 0 Å². The van der Waals surface area contributed by atoms with E-state index in [2.05, 4.69) is 20.5 Å². The van der Waals surface area contributed by atoms with Crippen molar-refractivity contribution in [3.8, 4) is 0 Å². The molecule has 0 unspecified atom stereocenters. The van der Waals surface area contributed by atoms with Gasteiger partial charge in [0.1, 0.15) is 0 Å². The molecule has 0 radical (unpaired) electrons. The molecule has 5 nitrogen and oxygen atoms in total. The molecule has 0 saturated carbocycles. The number of rotatable bonds is 2. The standard InChI is InChI=1S/C13H10N4O/c18-13(10-7-15-16-8-10)17-11-3-4-12-9(6-11)2-1-5-14-12/h1-8H,(H,15,16)(H,17,18). The molecular formula is C13H10N4O. The summed E-state index contributed by atoms with van der Waals surface area (Å²) in [5.41, 5.74) is 2.14. The Morgan fingerprint density at radius 2 is 2.22 bits per heavy atom. The van der Waals surface area contributed by atoms with Crippen LogP contribution < -0.4 is 5.32 Å². The summed E-state index contributed by atoms with van der Waals surface area (Å²) in [6.07, 6.45) is 4.78. The molecule has 2 aromatic heterocycles. The van der Waals surface area contributed by atoms with Gasteiger partial charge in [0.15, 0.2) is 0 Å². The number of carbonyl (C=O) groups excluding carboxylic acids is 1. The molecule has 0 aliphatic carbocycles. The van der Waals surface area contributed by atoms with E-state index in [1.54, 1.807) is 12.4 Å². The molecule has 3 rings (SSSR count). The third-order valence-electron chi connectivity index (χ3n) is 2.62. The van der Waals surface area contributed by atoms with Gasteiger partial charge >= 0.3 is 0 Å². The van der Waals surface area contributed by atoms with Crippen LogP contribution in [-0.2, 0) is 0 Å². The van der Waals surface area contributed by atoms with Gasteiger partial charge < -0.3 is 5.32 Å². The molecule has 1 aromatic carbocycles. The zero-order chi connectivity index (χ0) is 12.4. The van der Waals surface area contributed by atoms with Gasteiger partial charge in [0.2, 0.25) is 0 Å². The number of fused-ring (bicyclic) bond motifs is 1. The number of hydrogen-bond donors (Lipinski definition) is 2. The van der Waals surface area contributed by atoms with Gasteiger partial charge in [0.05, 0.1) is 17.3 Å². The number of nitrogens with one attached hydrogen (secondary N) is 2. The van der Waals surface area contributed by atoms with Crippen LogP contribution in [0.2, 0.25) is 0 Å². The topological polar surface area (TPSA) is 70.7 Å². The smallest absolute Gasteiger partial charge is 0.258 e. The lowest BCUT2D eigenvalue weighted by atomic mass is 10.2. The minimum absolute atomic E-state index is 0.188. The zero-order valence-corrected chi connectivity index (χ0v) is 9.42. The van der Waals surface area contributed by atoms with Crippen molar-refractivity contribution in [2.45, 2.75) is 0 Å². The summed E-state index contributed by atoms with van der Waals surface area (Å²) in [6, 6.07) is 9.41. The number of benzene rings is 1. The fourth-order valence-corrected chi connectivity index (χ4v) is 1.73. The Morgan fingerprint density at radius 3 is 3.06 bits per heavy atom. The summed E-state index contributed by atoms with van der Waals surface area (Å²) < 4.78 is 0. The normalized spacial score (nSPS) is 10.4. The van der Waals surface area contributed by atoms with Crippen molar-refractivity contribution in [2.24, 2.45) is 0 Å². The Labute approximate surface area is 103 Å². The molecule has 18 heavy (non-hydrogen) atoms. The summed E-state index contributed by atoms with van der Waals surface area (Å²) in [7, 11) is 0. The van der Waals surface area contributed by atoms with Crippen LogP contribution in [0.15, 0.2) is 48.9 Å². The highest BCUT2D eigenvalue weighted by Gasteiger charge is 2.07. The number of aromatic nitrogens is 3. The zero-order valence-electron chi connectivity index (χ0n) is 9.42. The summed E-state index contributed by atoms with van der Waals surface area (Å²) in [5.74, 6) is -0.188. The number of carbonyl (C=O) groups is 1.